The lowest BCUT2D eigenvalue weighted by Gasteiger charge is -2.38. The largest absolute Gasteiger partial charge is 0.439 e. The number of halogens is 3. The van der Waals surface area contributed by atoms with Gasteiger partial charge in [0.1, 0.15) is 5.75 Å². The molecule has 0 radical (unpaired) electrons. The number of pyridine rings is 1. The van der Waals surface area contributed by atoms with Gasteiger partial charge in [-0.15, -0.1) is 0 Å². The third kappa shape index (κ3) is 3.43. The molecule has 5 nitrogen and oxygen atoms in total. The molecule has 1 aromatic carbocycles. The van der Waals surface area contributed by atoms with E-state index in [1.165, 1.54) is 0 Å². The van der Waals surface area contributed by atoms with Crippen LogP contribution in [0, 0.1) is 17.8 Å². The molecule has 6 rings (SSSR count). The molecular formula is C22H21F3N2O3. The van der Waals surface area contributed by atoms with E-state index in [1.54, 1.807) is 24.3 Å². The van der Waals surface area contributed by atoms with Gasteiger partial charge in [0.15, 0.2) is 0 Å². The number of carbonyl (C=O) groups excluding carboxylic acids is 1. The van der Waals surface area contributed by atoms with Crippen molar-refractivity contribution in [1.82, 2.24) is 10.3 Å². The maximum atomic E-state index is 12.8. The van der Waals surface area contributed by atoms with Gasteiger partial charge in [-0.05, 0) is 67.7 Å². The van der Waals surface area contributed by atoms with E-state index in [-0.39, 0.29) is 17.8 Å². The highest BCUT2D eigenvalue weighted by Gasteiger charge is 2.60. The standard InChI is InChI=1S/C22H21F3N2O3/c23-22(24,25)15-4-5-18(26-11-15)30-16-3-1-2-12(7-16)20(28)27-19-14-6-13-8-21(29,9-14)10-17(13)19/h1-5,7,11,13-14,17,19,29H,6,8-10H2,(H,27,28). The van der Waals surface area contributed by atoms with E-state index in [0.717, 1.165) is 37.8 Å². The molecule has 4 aliphatic rings. The van der Waals surface area contributed by atoms with Gasteiger partial charge in [-0.3, -0.25) is 4.79 Å². The van der Waals surface area contributed by atoms with Crippen molar-refractivity contribution in [3.8, 4) is 11.6 Å². The number of nitrogens with one attached hydrogen (secondary N) is 1. The Morgan fingerprint density at radius 2 is 1.97 bits per heavy atom. The quantitative estimate of drug-likeness (QED) is 0.782. The summed E-state index contributed by atoms with van der Waals surface area (Å²) < 4.78 is 43.5. The third-order valence-corrected chi connectivity index (χ3v) is 6.76. The van der Waals surface area contributed by atoms with E-state index in [2.05, 4.69) is 10.3 Å². The number of aromatic nitrogens is 1. The summed E-state index contributed by atoms with van der Waals surface area (Å²) in [4.78, 5) is 16.5. The molecule has 0 aliphatic heterocycles. The zero-order chi connectivity index (χ0) is 21.1. The molecule has 0 spiro atoms. The second-order valence-corrected chi connectivity index (χ2v) is 8.77. The van der Waals surface area contributed by atoms with E-state index in [1.807, 2.05) is 0 Å². The Bertz CT molecular complexity index is 974. The van der Waals surface area contributed by atoms with Gasteiger partial charge in [-0.2, -0.15) is 13.2 Å². The van der Waals surface area contributed by atoms with Crippen LogP contribution in [0.25, 0.3) is 0 Å². The van der Waals surface area contributed by atoms with Crippen molar-refractivity contribution in [2.24, 2.45) is 17.8 Å². The molecule has 2 aromatic rings. The molecule has 0 saturated heterocycles. The minimum atomic E-state index is -4.46. The van der Waals surface area contributed by atoms with Crippen molar-refractivity contribution < 1.29 is 27.8 Å². The topological polar surface area (TPSA) is 71.5 Å². The Morgan fingerprint density at radius 1 is 1.17 bits per heavy atom. The van der Waals surface area contributed by atoms with Crippen LogP contribution < -0.4 is 10.1 Å². The fraction of sp³-hybridized carbons (Fsp3) is 0.455. The predicted octanol–water partition coefficient (Wildman–Crippen LogP) is 4.17. The molecule has 1 heterocycles. The lowest BCUT2D eigenvalue weighted by atomic mass is 9.76. The van der Waals surface area contributed by atoms with Gasteiger partial charge in [0.05, 0.1) is 11.2 Å². The first-order valence-corrected chi connectivity index (χ1v) is 10.0. The fourth-order valence-corrected chi connectivity index (χ4v) is 5.65. The Kier molecular flexibility index (Phi) is 4.32. The van der Waals surface area contributed by atoms with Crippen LogP contribution >= 0.6 is 0 Å². The van der Waals surface area contributed by atoms with Crippen molar-refractivity contribution in [2.75, 3.05) is 0 Å². The van der Waals surface area contributed by atoms with Crippen LogP contribution in [0.15, 0.2) is 42.6 Å². The number of amides is 1. The molecule has 4 bridgehead atoms. The fourth-order valence-electron chi connectivity index (χ4n) is 5.65. The van der Waals surface area contributed by atoms with Gasteiger partial charge in [-0.25, -0.2) is 4.98 Å². The van der Waals surface area contributed by atoms with E-state index >= 15 is 0 Å². The average molecular weight is 418 g/mol. The normalized spacial score (nSPS) is 31.7. The van der Waals surface area contributed by atoms with Gasteiger partial charge >= 0.3 is 6.18 Å². The van der Waals surface area contributed by atoms with Crippen LogP contribution in [0.2, 0.25) is 0 Å². The Hall–Kier alpha value is -2.61. The molecule has 1 amide bonds. The van der Waals surface area contributed by atoms with Crippen LogP contribution in [0.3, 0.4) is 0 Å². The Labute approximate surface area is 171 Å². The lowest BCUT2D eigenvalue weighted by Crippen LogP contribution is -2.48. The minimum absolute atomic E-state index is 0.0129. The summed E-state index contributed by atoms with van der Waals surface area (Å²) in [6.07, 6.45) is -0.359. The van der Waals surface area contributed by atoms with Gasteiger partial charge in [0.25, 0.3) is 5.91 Å². The number of hydrogen-bond acceptors (Lipinski definition) is 4. The molecule has 2 N–H and O–H groups in total. The maximum absolute atomic E-state index is 12.8. The smallest absolute Gasteiger partial charge is 0.417 e. The van der Waals surface area contributed by atoms with E-state index < -0.39 is 17.3 Å². The number of hydrogen-bond donors (Lipinski definition) is 2. The molecule has 4 fully saturated rings. The van der Waals surface area contributed by atoms with Crippen LogP contribution in [0.1, 0.15) is 41.6 Å². The first kappa shape index (κ1) is 19.4. The first-order chi connectivity index (χ1) is 14.2. The van der Waals surface area contributed by atoms with Crippen LogP contribution in [0.5, 0.6) is 11.6 Å². The zero-order valence-corrected chi connectivity index (χ0v) is 16.0. The molecule has 5 atom stereocenters. The third-order valence-electron chi connectivity index (χ3n) is 6.76. The highest BCUT2D eigenvalue weighted by atomic mass is 19.4. The van der Waals surface area contributed by atoms with Gasteiger partial charge in [-0.1, -0.05) is 6.07 Å². The molecular weight excluding hydrogens is 397 g/mol. The number of alkyl halides is 3. The monoisotopic (exact) mass is 418 g/mol. The van der Waals surface area contributed by atoms with Gasteiger partial charge < -0.3 is 15.2 Å². The number of nitrogens with zero attached hydrogens (tertiary/aromatic N) is 1. The number of carbonyl (C=O) groups is 1. The SMILES string of the molecule is O=C(NC1C2CC3CC(O)(C2)CC31)c1cccc(Oc2ccc(C(F)(F)F)cn2)c1. The molecule has 4 aliphatic carbocycles. The highest BCUT2D eigenvalue weighted by Crippen LogP contribution is 2.59. The number of rotatable bonds is 4. The number of benzene rings is 1. The van der Waals surface area contributed by atoms with Gasteiger partial charge in [0, 0.05) is 23.9 Å². The number of aliphatic hydroxyl groups is 1. The van der Waals surface area contributed by atoms with Crippen LogP contribution in [-0.4, -0.2) is 27.6 Å². The van der Waals surface area contributed by atoms with Crippen molar-refractivity contribution in [3.63, 3.8) is 0 Å². The van der Waals surface area contributed by atoms with E-state index in [0.29, 0.717) is 35.3 Å². The summed E-state index contributed by atoms with van der Waals surface area (Å²) in [5, 5.41) is 13.7. The van der Waals surface area contributed by atoms with Crippen molar-refractivity contribution >= 4 is 5.91 Å². The molecule has 8 heteroatoms. The van der Waals surface area contributed by atoms with Crippen molar-refractivity contribution in [2.45, 2.75) is 43.5 Å². The average Bonchev–Trinajstić information content (AvgIpc) is 3.06. The van der Waals surface area contributed by atoms with Crippen molar-refractivity contribution in [1.29, 1.82) is 0 Å². The summed E-state index contributed by atoms with van der Waals surface area (Å²) in [5.74, 6) is 1.24. The van der Waals surface area contributed by atoms with Gasteiger partial charge in [0.2, 0.25) is 5.88 Å². The van der Waals surface area contributed by atoms with E-state index in [4.69, 9.17) is 4.74 Å². The second kappa shape index (κ2) is 6.70. The Balaban J connectivity index is 1.27. The predicted molar refractivity (Wildman–Crippen MR) is 101 cm³/mol. The second-order valence-electron chi connectivity index (χ2n) is 8.77. The molecule has 158 valence electrons. The molecule has 4 saturated carbocycles. The molecule has 30 heavy (non-hydrogen) atoms. The first-order valence-electron chi connectivity index (χ1n) is 10.0. The summed E-state index contributed by atoms with van der Waals surface area (Å²) in [5.41, 5.74) is -0.981. The summed E-state index contributed by atoms with van der Waals surface area (Å²) in [7, 11) is 0. The Morgan fingerprint density at radius 3 is 2.67 bits per heavy atom. The van der Waals surface area contributed by atoms with Crippen LogP contribution in [0.4, 0.5) is 13.2 Å². The number of ether oxygens (including phenoxy) is 1. The summed E-state index contributed by atoms with van der Waals surface area (Å²) in [6, 6.07) is 8.61. The van der Waals surface area contributed by atoms with Crippen molar-refractivity contribution in [3.05, 3.63) is 53.7 Å². The molecule has 5 unspecified atom stereocenters. The van der Waals surface area contributed by atoms with E-state index in [9.17, 15) is 23.1 Å². The summed E-state index contributed by atoms with van der Waals surface area (Å²) >= 11 is 0. The maximum Gasteiger partial charge on any atom is 0.417 e. The summed E-state index contributed by atoms with van der Waals surface area (Å²) in [6.45, 7) is 0. The van der Waals surface area contributed by atoms with Crippen LogP contribution in [-0.2, 0) is 6.18 Å². The minimum Gasteiger partial charge on any atom is -0.439 e. The zero-order valence-electron chi connectivity index (χ0n) is 16.0. The highest BCUT2D eigenvalue weighted by molar-refractivity contribution is 5.94. The molecule has 1 aromatic heterocycles. The lowest BCUT2D eigenvalue weighted by molar-refractivity contribution is -0.137.